The maximum Gasteiger partial charge on any atom is 0.157 e. The molecule has 108 valence electrons. The predicted molar refractivity (Wildman–Crippen MR) is 92.1 cm³/mol. The van der Waals surface area contributed by atoms with Gasteiger partial charge >= 0.3 is 0 Å². The van der Waals surface area contributed by atoms with Crippen LogP contribution in [0.25, 0.3) is 44.2 Å². The van der Waals surface area contributed by atoms with Crippen molar-refractivity contribution in [3.05, 3.63) is 67.0 Å². The first-order valence-electron chi connectivity index (χ1n) is 7.48. The van der Waals surface area contributed by atoms with Crippen LogP contribution < -0.4 is 0 Å². The summed E-state index contributed by atoms with van der Waals surface area (Å²) in [5.74, 6) is 0.773. The Kier molecular flexibility index (Phi) is 2.46. The molecule has 3 heterocycles. The van der Waals surface area contributed by atoms with Crippen LogP contribution in [0.15, 0.2) is 67.0 Å². The molecule has 0 amide bonds. The summed E-state index contributed by atoms with van der Waals surface area (Å²) in [6, 6.07) is 18.3. The number of fused-ring (bicyclic) bond motifs is 4. The van der Waals surface area contributed by atoms with Gasteiger partial charge < -0.3 is 4.98 Å². The molecule has 0 aliphatic carbocycles. The number of H-pyrrole nitrogens is 1. The molecule has 0 atom stereocenters. The van der Waals surface area contributed by atoms with Gasteiger partial charge in [0.05, 0.1) is 11.0 Å². The van der Waals surface area contributed by atoms with Crippen molar-refractivity contribution in [2.24, 2.45) is 0 Å². The minimum Gasteiger partial charge on any atom is -0.337 e. The Morgan fingerprint density at radius 3 is 2.61 bits per heavy atom. The molecule has 0 spiro atoms. The van der Waals surface area contributed by atoms with E-state index in [1.165, 1.54) is 0 Å². The standard InChI is InChI=1S/C19H12N4/c1-2-6-14-12(4-1)9-11-21-17(14)19-22-15-8-7-13-5-3-10-20-16(13)18(15)23-19/h1-11H,(H,22,23). The average Bonchev–Trinajstić information content (AvgIpc) is 3.06. The zero-order valence-corrected chi connectivity index (χ0v) is 12.2. The third kappa shape index (κ3) is 1.82. The van der Waals surface area contributed by atoms with Gasteiger partial charge in [0.25, 0.3) is 0 Å². The molecule has 23 heavy (non-hydrogen) atoms. The van der Waals surface area contributed by atoms with Gasteiger partial charge in [-0.2, -0.15) is 0 Å². The quantitative estimate of drug-likeness (QED) is 0.501. The van der Waals surface area contributed by atoms with Crippen molar-refractivity contribution in [1.82, 2.24) is 19.9 Å². The summed E-state index contributed by atoms with van der Waals surface area (Å²) in [6.07, 6.45) is 3.62. The fraction of sp³-hybridized carbons (Fsp3) is 0. The number of benzene rings is 2. The molecule has 0 unspecified atom stereocenters. The lowest BCUT2D eigenvalue weighted by atomic mass is 10.1. The third-order valence-corrected chi connectivity index (χ3v) is 4.12. The third-order valence-electron chi connectivity index (χ3n) is 4.12. The lowest BCUT2D eigenvalue weighted by Gasteiger charge is -2.01. The Labute approximate surface area is 131 Å². The van der Waals surface area contributed by atoms with Crippen LogP contribution in [-0.4, -0.2) is 19.9 Å². The van der Waals surface area contributed by atoms with Crippen molar-refractivity contribution >= 4 is 32.7 Å². The van der Waals surface area contributed by atoms with Crippen molar-refractivity contribution in [1.29, 1.82) is 0 Å². The van der Waals surface area contributed by atoms with E-state index in [9.17, 15) is 0 Å². The number of aromatic nitrogens is 4. The van der Waals surface area contributed by atoms with Gasteiger partial charge in [0.1, 0.15) is 11.2 Å². The molecule has 0 radical (unpaired) electrons. The zero-order valence-electron chi connectivity index (χ0n) is 12.2. The highest BCUT2D eigenvalue weighted by molar-refractivity contribution is 6.03. The van der Waals surface area contributed by atoms with E-state index in [2.05, 4.69) is 33.2 Å². The van der Waals surface area contributed by atoms with Crippen LogP contribution in [0.4, 0.5) is 0 Å². The van der Waals surface area contributed by atoms with Gasteiger partial charge in [-0.1, -0.05) is 36.4 Å². The summed E-state index contributed by atoms with van der Waals surface area (Å²) in [7, 11) is 0. The largest absolute Gasteiger partial charge is 0.337 e. The molecule has 0 aliphatic rings. The molecule has 0 aliphatic heterocycles. The van der Waals surface area contributed by atoms with Gasteiger partial charge in [-0.15, -0.1) is 0 Å². The van der Waals surface area contributed by atoms with Crippen LogP contribution in [0.1, 0.15) is 0 Å². The normalized spacial score (nSPS) is 11.5. The van der Waals surface area contributed by atoms with E-state index in [1.54, 1.807) is 6.20 Å². The lowest BCUT2D eigenvalue weighted by Crippen LogP contribution is -1.87. The van der Waals surface area contributed by atoms with Gasteiger partial charge in [-0.25, -0.2) is 4.98 Å². The molecular formula is C19H12N4. The Hall–Kier alpha value is -3.27. The maximum atomic E-state index is 4.78. The number of aromatic amines is 1. The van der Waals surface area contributed by atoms with Gasteiger partial charge in [-0.3, -0.25) is 9.97 Å². The summed E-state index contributed by atoms with van der Waals surface area (Å²) >= 11 is 0. The Balaban J connectivity index is 1.84. The molecule has 5 aromatic rings. The summed E-state index contributed by atoms with van der Waals surface area (Å²) < 4.78 is 0. The van der Waals surface area contributed by atoms with E-state index >= 15 is 0 Å². The number of rotatable bonds is 1. The summed E-state index contributed by atoms with van der Waals surface area (Å²) in [5, 5.41) is 3.33. The van der Waals surface area contributed by atoms with Crippen LogP contribution in [0.3, 0.4) is 0 Å². The highest BCUT2D eigenvalue weighted by Gasteiger charge is 2.12. The number of hydrogen-bond donors (Lipinski definition) is 1. The molecule has 2 aromatic carbocycles. The average molecular weight is 296 g/mol. The summed E-state index contributed by atoms with van der Waals surface area (Å²) in [6.45, 7) is 0. The first kappa shape index (κ1) is 12.3. The van der Waals surface area contributed by atoms with Crippen molar-refractivity contribution < 1.29 is 0 Å². The van der Waals surface area contributed by atoms with Gasteiger partial charge in [0.15, 0.2) is 5.82 Å². The van der Waals surface area contributed by atoms with Crippen molar-refractivity contribution in [2.75, 3.05) is 0 Å². The second-order valence-electron chi connectivity index (χ2n) is 5.50. The molecular weight excluding hydrogens is 284 g/mol. The van der Waals surface area contributed by atoms with Crippen molar-refractivity contribution in [3.8, 4) is 11.5 Å². The monoisotopic (exact) mass is 296 g/mol. The smallest absolute Gasteiger partial charge is 0.157 e. The number of nitrogens with zero attached hydrogens (tertiary/aromatic N) is 3. The molecule has 0 bridgehead atoms. The predicted octanol–water partition coefficient (Wildman–Crippen LogP) is 4.33. The number of hydrogen-bond acceptors (Lipinski definition) is 3. The molecule has 1 N–H and O–H groups in total. The van der Waals surface area contributed by atoms with Gasteiger partial charge in [0.2, 0.25) is 0 Å². The van der Waals surface area contributed by atoms with E-state index in [1.807, 2.05) is 42.6 Å². The fourth-order valence-electron chi connectivity index (χ4n) is 3.03. The first-order valence-corrected chi connectivity index (χ1v) is 7.48. The molecule has 0 fully saturated rings. The molecule has 5 rings (SSSR count). The molecule has 0 saturated carbocycles. The van der Waals surface area contributed by atoms with Crippen LogP contribution in [0.2, 0.25) is 0 Å². The van der Waals surface area contributed by atoms with Crippen LogP contribution >= 0.6 is 0 Å². The van der Waals surface area contributed by atoms with Crippen molar-refractivity contribution in [2.45, 2.75) is 0 Å². The lowest BCUT2D eigenvalue weighted by molar-refractivity contribution is 1.26. The van der Waals surface area contributed by atoms with E-state index in [-0.39, 0.29) is 0 Å². The SMILES string of the molecule is c1ccc2c(-c3nc4c(ccc5cccnc54)[nH]3)nccc2c1. The first-order chi connectivity index (χ1) is 11.4. The molecule has 3 aromatic heterocycles. The van der Waals surface area contributed by atoms with Crippen molar-refractivity contribution in [3.63, 3.8) is 0 Å². The van der Waals surface area contributed by atoms with Gasteiger partial charge in [0, 0.05) is 23.2 Å². The van der Waals surface area contributed by atoms with Crippen LogP contribution in [0, 0.1) is 0 Å². The van der Waals surface area contributed by atoms with E-state index < -0.39 is 0 Å². The Morgan fingerprint density at radius 1 is 0.696 bits per heavy atom. The molecule has 4 heteroatoms. The summed E-state index contributed by atoms with van der Waals surface area (Å²) in [5.41, 5.74) is 3.63. The van der Waals surface area contributed by atoms with E-state index in [4.69, 9.17) is 4.98 Å². The summed E-state index contributed by atoms with van der Waals surface area (Å²) in [4.78, 5) is 17.2. The fourth-order valence-corrected chi connectivity index (χ4v) is 3.03. The second-order valence-corrected chi connectivity index (χ2v) is 5.50. The minimum atomic E-state index is 0.773. The van der Waals surface area contributed by atoms with Crippen LogP contribution in [-0.2, 0) is 0 Å². The molecule has 4 nitrogen and oxygen atoms in total. The Bertz CT molecular complexity index is 1170. The maximum absolute atomic E-state index is 4.78. The number of imidazole rings is 1. The van der Waals surface area contributed by atoms with Crippen LogP contribution in [0.5, 0.6) is 0 Å². The second kappa shape index (κ2) is 4.61. The molecule has 0 saturated heterocycles. The van der Waals surface area contributed by atoms with E-state index in [0.29, 0.717) is 0 Å². The minimum absolute atomic E-state index is 0.773. The highest BCUT2D eigenvalue weighted by atomic mass is 15.0. The Morgan fingerprint density at radius 2 is 1.61 bits per heavy atom. The number of pyridine rings is 2. The van der Waals surface area contributed by atoms with Gasteiger partial charge in [-0.05, 0) is 23.6 Å². The zero-order chi connectivity index (χ0) is 15.2. The van der Waals surface area contributed by atoms with E-state index in [0.717, 1.165) is 44.2 Å². The highest BCUT2D eigenvalue weighted by Crippen LogP contribution is 2.28. The topological polar surface area (TPSA) is 54.5 Å². The number of nitrogens with one attached hydrogen (secondary N) is 1.